The average Bonchev–Trinajstić information content (AvgIpc) is 3.34. The van der Waals surface area contributed by atoms with Crippen LogP contribution in [-0.4, -0.2) is 49.8 Å². The predicted molar refractivity (Wildman–Crippen MR) is 154 cm³/mol. The van der Waals surface area contributed by atoms with Crippen LogP contribution in [0.25, 0.3) is 10.8 Å². The van der Waals surface area contributed by atoms with Crippen LogP contribution in [-0.2, 0) is 32.6 Å². The summed E-state index contributed by atoms with van der Waals surface area (Å²) in [7, 11) is -3.95. The highest BCUT2D eigenvalue weighted by molar-refractivity contribution is 7.89. The molecule has 200 valence electrons. The molecule has 1 amide bonds. The molecule has 3 aromatic carbocycles. The summed E-state index contributed by atoms with van der Waals surface area (Å²) in [5.74, 6) is -0.236. The zero-order valence-corrected chi connectivity index (χ0v) is 23.5. The zero-order valence-electron chi connectivity index (χ0n) is 21.9. The largest absolute Gasteiger partial charge is 0.382 e. The predicted octanol–water partition coefficient (Wildman–Crippen LogP) is 5.86. The van der Waals surface area contributed by atoms with E-state index in [1.165, 1.54) is 9.18 Å². The number of carbonyl (C=O) groups is 1. The molecule has 1 heterocycles. The molecule has 1 aromatic heterocycles. The normalized spacial score (nSPS) is 11.8. The summed E-state index contributed by atoms with van der Waals surface area (Å²) in [5.41, 5.74) is 0.994. The van der Waals surface area contributed by atoms with E-state index in [2.05, 4.69) is 0 Å². The van der Waals surface area contributed by atoms with Gasteiger partial charge < -0.3 is 9.64 Å². The number of hydrogen-bond acceptors (Lipinski definition) is 5. The number of thiophene rings is 1. The van der Waals surface area contributed by atoms with Gasteiger partial charge in [0.2, 0.25) is 15.9 Å². The SMILES string of the molecule is CCOCCCN(CC(=O)N(Cc1ccccc1)Cc1ccc(C)s1)S(=O)(=O)c1cccc2ccccc12. The summed E-state index contributed by atoms with van der Waals surface area (Å²) in [4.78, 5) is 18.0. The van der Waals surface area contributed by atoms with Crippen molar-refractivity contribution in [2.24, 2.45) is 0 Å². The maximum Gasteiger partial charge on any atom is 0.244 e. The number of aryl methyl sites for hydroxylation is 1. The first-order valence-electron chi connectivity index (χ1n) is 12.8. The van der Waals surface area contributed by atoms with Gasteiger partial charge in [0.1, 0.15) is 0 Å². The molecule has 0 radical (unpaired) electrons. The van der Waals surface area contributed by atoms with Gasteiger partial charge in [-0.2, -0.15) is 4.31 Å². The van der Waals surface area contributed by atoms with Crippen molar-refractivity contribution in [3.05, 3.63) is 100 Å². The number of fused-ring (bicyclic) bond motifs is 1. The summed E-state index contributed by atoms with van der Waals surface area (Å²) < 4.78 is 34.8. The molecule has 0 saturated heterocycles. The quantitative estimate of drug-likeness (QED) is 0.196. The lowest BCUT2D eigenvalue weighted by molar-refractivity contribution is -0.132. The first kappa shape index (κ1) is 28.0. The molecule has 0 fully saturated rings. The maximum atomic E-state index is 14.0. The minimum absolute atomic E-state index is 0.189. The molecule has 38 heavy (non-hydrogen) atoms. The molecule has 0 atom stereocenters. The Morgan fingerprint density at radius 3 is 2.37 bits per heavy atom. The summed E-state index contributed by atoms with van der Waals surface area (Å²) in [5, 5.41) is 1.49. The summed E-state index contributed by atoms with van der Waals surface area (Å²) in [6, 6.07) is 26.5. The molecule has 6 nitrogen and oxygen atoms in total. The van der Waals surface area contributed by atoms with Gasteiger partial charge in [0, 0.05) is 41.4 Å². The smallest absolute Gasteiger partial charge is 0.244 e. The molecule has 0 aliphatic rings. The Morgan fingerprint density at radius 1 is 0.895 bits per heavy atom. The molecular formula is C30H34N2O4S2. The molecule has 0 aliphatic carbocycles. The van der Waals surface area contributed by atoms with Crippen LogP contribution < -0.4 is 0 Å². The van der Waals surface area contributed by atoms with Crippen molar-refractivity contribution in [3.8, 4) is 0 Å². The molecule has 0 aliphatic heterocycles. The number of rotatable bonds is 13. The van der Waals surface area contributed by atoms with Crippen LogP contribution in [0.5, 0.6) is 0 Å². The van der Waals surface area contributed by atoms with Crippen LogP contribution >= 0.6 is 11.3 Å². The van der Waals surface area contributed by atoms with Gasteiger partial charge in [-0.1, -0.05) is 66.7 Å². The number of amides is 1. The minimum atomic E-state index is -3.95. The van der Waals surface area contributed by atoms with Gasteiger partial charge >= 0.3 is 0 Å². The fourth-order valence-electron chi connectivity index (χ4n) is 4.38. The Labute approximate surface area is 229 Å². The third-order valence-electron chi connectivity index (χ3n) is 6.29. The van der Waals surface area contributed by atoms with Crippen LogP contribution in [0.3, 0.4) is 0 Å². The van der Waals surface area contributed by atoms with Gasteiger partial charge in [0.15, 0.2) is 0 Å². The van der Waals surface area contributed by atoms with Crippen molar-refractivity contribution in [3.63, 3.8) is 0 Å². The van der Waals surface area contributed by atoms with E-state index < -0.39 is 10.0 Å². The molecule has 4 rings (SSSR count). The molecule has 4 aromatic rings. The van der Waals surface area contributed by atoms with Gasteiger partial charge in [0.25, 0.3) is 0 Å². The maximum absolute atomic E-state index is 14.0. The fourth-order valence-corrected chi connectivity index (χ4v) is 6.92. The van der Waals surface area contributed by atoms with Gasteiger partial charge in [-0.05, 0) is 49.4 Å². The van der Waals surface area contributed by atoms with E-state index in [1.54, 1.807) is 28.4 Å². The van der Waals surface area contributed by atoms with Gasteiger partial charge in [-0.3, -0.25) is 4.79 Å². The van der Waals surface area contributed by atoms with Gasteiger partial charge in [-0.15, -0.1) is 11.3 Å². The second kappa shape index (κ2) is 13.2. The lowest BCUT2D eigenvalue weighted by Crippen LogP contribution is -2.43. The topological polar surface area (TPSA) is 66.9 Å². The highest BCUT2D eigenvalue weighted by Gasteiger charge is 2.30. The molecular weight excluding hydrogens is 516 g/mol. The first-order chi connectivity index (χ1) is 18.4. The monoisotopic (exact) mass is 550 g/mol. The Hall–Kier alpha value is -3.04. The molecule has 0 N–H and O–H groups in total. The highest BCUT2D eigenvalue weighted by atomic mass is 32.2. The Kier molecular flexibility index (Phi) is 9.69. The van der Waals surface area contributed by atoms with Crippen LogP contribution in [0.2, 0.25) is 0 Å². The van der Waals surface area contributed by atoms with Crippen LogP contribution in [0.4, 0.5) is 0 Å². The van der Waals surface area contributed by atoms with E-state index in [1.807, 2.05) is 86.6 Å². The zero-order chi connectivity index (χ0) is 27.0. The second-order valence-corrected chi connectivity index (χ2v) is 12.4. The lowest BCUT2D eigenvalue weighted by atomic mass is 10.1. The molecule has 0 unspecified atom stereocenters. The van der Waals surface area contributed by atoms with Crippen molar-refractivity contribution in [2.75, 3.05) is 26.3 Å². The summed E-state index contributed by atoms with van der Waals surface area (Å²) in [6.07, 6.45) is 0.494. The highest BCUT2D eigenvalue weighted by Crippen LogP contribution is 2.26. The molecule has 0 bridgehead atoms. The van der Waals surface area contributed by atoms with E-state index in [4.69, 9.17) is 4.74 Å². The Balaban J connectivity index is 1.64. The Morgan fingerprint density at radius 2 is 1.63 bits per heavy atom. The molecule has 8 heteroatoms. The van der Waals surface area contributed by atoms with E-state index >= 15 is 0 Å². The fraction of sp³-hybridized carbons (Fsp3) is 0.300. The van der Waals surface area contributed by atoms with Crippen LogP contribution in [0.1, 0.15) is 28.7 Å². The van der Waals surface area contributed by atoms with Crippen molar-refractivity contribution in [1.82, 2.24) is 9.21 Å². The summed E-state index contributed by atoms with van der Waals surface area (Å²) in [6.45, 7) is 5.69. The van der Waals surface area contributed by atoms with Gasteiger partial charge in [0.05, 0.1) is 18.0 Å². The number of benzene rings is 3. The van der Waals surface area contributed by atoms with Crippen molar-refractivity contribution in [1.29, 1.82) is 0 Å². The van der Waals surface area contributed by atoms with Crippen molar-refractivity contribution in [2.45, 2.75) is 38.3 Å². The van der Waals surface area contributed by atoms with Crippen molar-refractivity contribution < 1.29 is 17.9 Å². The third-order valence-corrected chi connectivity index (χ3v) is 9.18. The van der Waals surface area contributed by atoms with Crippen LogP contribution in [0.15, 0.2) is 89.8 Å². The first-order valence-corrected chi connectivity index (χ1v) is 15.1. The van der Waals surface area contributed by atoms with Crippen molar-refractivity contribution >= 4 is 38.0 Å². The summed E-state index contributed by atoms with van der Waals surface area (Å²) >= 11 is 1.64. The van der Waals surface area contributed by atoms with E-state index in [-0.39, 0.29) is 23.9 Å². The molecule has 0 spiro atoms. The third kappa shape index (κ3) is 7.08. The van der Waals surface area contributed by atoms with E-state index in [0.717, 1.165) is 15.8 Å². The van der Waals surface area contributed by atoms with Gasteiger partial charge in [-0.25, -0.2) is 8.42 Å². The second-order valence-electron chi connectivity index (χ2n) is 9.11. The van der Waals surface area contributed by atoms with Crippen LogP contribution in [0, 0.1) is 6.92 Å². The number of hydrogen-bond donors (Lipinski definition) is 0. The van der Waals surface area contributed by atoms with E-state index in [0.29, 0.717) is 38.1 Å². The Bertz CT molecular complexity index is 1450. The average molecular weight is 551 g/mol. The number of carbonyl (C=O) groups excluding carboxylic acids is 1. The number of nitrogens with zero attached hydrogens (tertiary/aromatic N) is 2. The molecule has 0 saturated carbocycles. The minimum Gasteiger partial charge on any atom is -0.382 e. The lowest BCUT2D eigenvalue weighted by Gasteiger charge is -2.27. The van der Waals surface area contributed by atoms with E-state index in [9.17, 15) is 13.2 Å². The number of sulfonamides is 1. The standard InChI is InChI=1S/C30H34N2O4S2/c1-3-36-20-10-19-32(38(34,35)29-16-9-14-26-13-7-8-15-28(26)29)23-30(33)31(21-25-11-5-4-6-12-25)22-27-18-17-24(2)37-27/h4-9,11-18H,3,10,19-23H2,1-2H3. The number of ether oxygens (including phenoxy) is 1.